The number of rotatable bonds is 3. The molecule has 118 valence electrons. The molecule has 0 saturated heterocycles. The van der Waals surface area contributed by atoms with Crippen LogP contribution < -0.4 is 4.57 Å². The Labute approximate surface area is 134 Å². The van der Waals surface area contributed by atoms with Crippen molar-refractivity contribution >= 4 is 11.0 Å². The summed E-state index contributed by atoms with van der Waals surface area (Å²) in [5, 5.41) is 0. The number of para-hydroxylation sites is 2. The van der Waals surface area contributed by atoms with E-state index < -0.39 is 0 Å². The van der Waals surface area contributed by atoms with E-state index in [2.05, 4.69) is 60.5 Å². The molecule has 2 nitrogen and oxygen atoms in total. The highest BCUT2D eigenvalue weighted by atomic mass is 15.2. The van der Waals surface area contributed by atoms with E-state index in [0.29, 0.717) is 11.6 Å². The van der Waals surface area contributed by atoms with E-state index in [1.807, 2.05) is 0 Å². The minimum Gasteiger partial charge on any atom is -0.228 e. The molecule has 22 heavy (non-hydrogen) atoms. The zero-order valence-corrected chi connectivity index (χ0v) is 14.3. The third-order valence-electron chi connectivity index (χ3n) is 6.37. The van der Waals surface area contributed by atoms with Crippen molar-refractivity contribution in [3.05, 3.63) is 30.6 Å². The number of nitrogens with zero attached hydrogens (tertiary/aromatic N) is 2. The molecule has 4 rings (SSSR count). The van der Waals surface area contributed by atoms with E-state index in [9.17, 15) is 0 Å². The maximum absolute atomic E-state index is 2.66. The van der Waals surface area contributed by atoms with E-state index in [1.165, 1.54) is 49.6 Å². The predicted molar refractivity (Wildman–Crippen MR) is 90.8 cm³/mol. The molecule has 0 N–H and O–H groups in total. The Morgan fingerprint density at radius 2 is 1.86 bits per heavy atom. The highest BCUT2D eigenvalue weighted by molar-refractivity contribution is 5.72. The van der Waals surface area contributed by atoms with Crippen LogP contribution in [0.4, 0.5) is 0 Å². The topological polar surface area (TPSA) is 8.81 Å². The summed E-state index contributed by atoms with van der Waals surface area (Å²) in [6.45, 7) is 6.99. The largest absolute Gasteiger partial charge is 0.245 e. The number of hydrogen-bond donors (Lipinski definition) is 0. The van der Waals surface area contributed by atoms with Gasteiger partial charge >= 0.3 is 0 Å². The summed E-state index contributed by atoms with van der Waals surface area (Å²) in [4.78, 5) is 0. The Morgan fingerprint density at radius 3 is 2.50 bits per heavy atom. The van der Waals surface area contributed by atoms with E-state index in [1.54, 1.807) is 0 Å². The van der Waals surface area contributed by atoms with Gasteiger partial charge in [0, 0.05) is 0 Å². The van der Waals surface area contributed by atoms with E-state index in [0.717, 1.165) is 11.8 Å². The van der Waals surface area contributed by atoms with E-state index in [4.69, 9.17) is 0 Å². The molecule has 2 atom stereocenters. The predicted octanol–water partition coefficient (Wildman–Crippen LogP) is 4.83. The lowest BCUT2D eigenvalue weighted by Gasteiger charge is -2.37. The molecule has 0 spiro atoms. The second-order valence-corrected chi connectivity index (χ2v) is 8.01. The molecule has 1 aromatic carbocycles. The minimum absolute atomic E-state index is 0.351. The van der Waals surface area contributed by atoms with Gasteiger partial charge in [0.2, 0.25) is 6.33 Å². The Hall–Kier alpha value is -1.31. The first-order valence-electron chi connectivity index (χ1n) is 9.14. The molecule has 2 aliphatic rings. The summed E-state index contributed by atoms with van der Waals surface area (Å²) in [6, 6.07) is 9.49. The second kappa shape index (κ2) is 5.11. The monoisotopic (exact) mass is 297 g/mol. The van der Waals surface area contributed by atoms with E-state index in [-0.39, 0.29) is 0 Å². The molecule has 0 amide bonds. The van der Waals surface area contributed by atoms with Crippen LogP contribution in [0, 0.1) is 11.8 Å². The fraction of sp³-hybridized carbons (Fsp3) is 0.650. The minimum atomic E-state index is 0.351. The zero-order chi connectivity index (χ0) is 15.3. The zero-order valence-electron chi connectivity index (χ0n) is 14.3. The highest BCUT2D eigenvalue weighted by Gasteiger charge is 2.48. The average molecular weight is 297 g/mol. The van der Waals surface area contributed by atoms with Crippen LogP contribution in [-0.2, 0) is 5.54 Å². The van der Waals surface area contributed by atoms with Crippen molar-refractivity contribution in [2.45, 2.75) is 70.9 Å². The molecule has 0 aliphatic heterocycles. The van der Waals surface area contributed by atoms with Gasteiger partial charge in [-0.05, 0) is 63.5 Å². The van der Waals surface area contributed by atoms with Crippen LogP contribution in [0.1, 0.15) is 65.3 Å². The molecule has 2 heteroatoms. The first-order valence-corrected chi connectivity index (χ1v) is 9.14. The van der Waals surface area contributed by atoms with Gasteiger partial charge in [-0.25, -0.2) is 9.13 Å². The van der Waals surface area contributed by atoms with Crippen LogP contribution in [0.15, 0.2) is 30.6 Å². The molecule has 2 saturated carbocycles. The number of benzene rings is 1. The van der Waals surface area contributed by atoms with Crippen LogP contribution in [0.2, 0.25) is 0 Å². The third-order valence-corrected chi connectivity index (χ3v) is 6.37. The molecule has 1 aromatic heterocycles. The summed E-state index contributed by atoms with van der Waals surface area (Å²) in [5.41, 5.74) is 3.17. The van der Waals surface area contributed by atoms with Crippen molar-refractivity contribution in [3.8, 4) is 0 Å². The van der Waals surface area contributed by atoms with Gasteiger partial charge in [-0.15, -0.1) is 0 Å². The van der Waals surface area contributed by atoms with Crippen LogP contribution in [0.5, 0.6) is 0 Å². The lowest BCUT2D eigenvalue weighted by Crippen LogP contribution is -2.41. The normalized spacial score (nSPS) is 31.3. The smallest absolute Gasteiger partial charge is 0.228 e. The Morgan fingerprint density at radius 1 is 1.18 bits per heavy atom. The summed E-state index contributed by atoms with van der Waals surface area (Å²) in [6.07, 6.45) is 10.9. The van der Waals surface area contributed by atoms with Gasteiger partial charge in [0.15, 0.2) is 11.0 Å². The number of hydrogen-bond acceptors (Lipinski definition) is 0. The SMILES string of the molecule is CCC1(n2c[n+](C(C)C)c3ccccc32)CC2CCC(C2)C1. The standard InChI is InChI=1S/C20H29N2/c1-4-20(12-16-9-10-17(11-16)13-20)22-14-21(15(2)3)18-7-5-6-8-19(18)22/h5-8,14-17H,4,9-13H2,1-3H3/q+1. The molecule has 2 bridgehead atoms. The molecule has 2 aliphatic carbocycles. The Bertz CT molecular complexity index is 670. The Kier molecular flexibility index (Phi) is 3.32. The van der Waals surface area contributed by atoms with Crippen molar-refractivity contribution in [2.24, 2.45) is 11.8 Å². The number of fused-ring (bicyclic) bond motifs is 3. The number of aromatic nitrogens is 2. The third kappa shape index (κ3) is 2.03. The van der Waals surface area contributed by atoms with Crippen molar-refractivity contribution in [1.82, 2.24) is 4.57 Å². The molecule has 1 heterocycles. The maximum Gasteiger partial charge on any atom is 0.245 e. The lowest BCUT2D eigenvalue weighted by molar-refractivity contribution is -0.692. The lowest BCUT2D eigenvalue weighted by atomic mass is 9.73. The van der Waals surface area contributed by atoms with Crippen LogP contribution in [0.25, 0.3) is 11.0 Å². The average Bonchev–Trinajstić information content (AvgIpc) is 3.08. The Balaban J connectivity index is 1.89. The molecule has 2 aromatic rings. The van der Waals surface area contributed by atoms with Gasteiger partial charge in [-0.3, -0.25) is 0 Å². The highest BCUT2D eigenvalue weighted by Crippen LogP contribution is 2.51. The summed E-state index contributed by atoms with van der Waals surface area (Å²) < 4.78 is 5.12. The maximum atomic E-state index is 2.66. The van der Waals surface area contributed by atoms with E-state index >= 15 is 0 Å². The van der Waals surface area contributed by atoms with Gasteiger partial charge in [0.05, 0.1) is 6.04 Å². The number of imidazole rings is 1. The summed E-state index contributed by atoms with van der Waals surface area (Å²) in [5.74, 6) is 1.93. The van der Waals surface area contributed by atoms with Crippen molar-refractivity contribution in [1.29, 1.82) is 0 Å². The van der Waals surface area contributed by atoms with Gasteiger partial charge in [-0.2, -0.15) is 0 Å². The van der Waals surface area contributed by atoms with Crippen LogP contribution in [-0.4, -0.2) is 4.57 Å². The molecule has 2 fully saturated rings. The molecule has 2 unspecified atom stereocenters. The van der Waals surface area contributed by atoms with Crippen molar-refractivity contribution in [3.63, 3.8) is 0 Å². The molecular weight excluding hydrogens is 268 g/mol. The van der Waals surface area contributed by atoms with Crippen molar-refractivity contribution < 1.29 is 4.57 Å². The van der Waals surface area contributed by atoms with Gasteiger partial charge in [-0.1, -0.05) is 31.9 Å². The van der Waals surface area contributed by atoms with Crippen LogP contribution in [0.3, 0.4) is 0 Å². The molecule has 0 radical (unpaired) electrons. The van der Waals surface area contributed by atoms with Gasteiger partial charge in [0.1, 0.15) is 5.54 Å². The molecular formula is C20H29N2+. The fourth-order valence-electron chi connectivity index (χ4n) is 5.29. The first-order chi connectivity index (χ1) is 10.6. The summed E-state index contributed by atoms with van der Waals surface area (Å²) in [7, 11) is 0. The van der Waals surface area contributed by atoms with Crippen LogP contribution >= 0.6 is 0 Å². The van der Waals surface area contributed by atoms with Gasteiger partial charge < -0.3 is 0 Å². The quantitative estimate of drug-likeness (QED) is 0.718. The first kappa shape index (κ1) is 14.3. The second-order valence-electron chi connectivity index (χ2n) is 8.01. The van der Waals surface area contributed by atoms with Crippen molar-refractivity contribution in [2.75, 3.05) is 0 Å². The summed E-state index contributed by atoms with van der Waals surface area (Å²) >= 11 is 0. The van der Waals surface area contributed by atoms with Gasteiger partial charge in [0.25, 0.3) is 0 Å². The fourth-order valence-corrected chi connectivity index (χ4v) is 5.29.